The lowest BCUT2D eigenvalue weighted by molar-refractivity contribution is 0.195. The van der Waals surface area contributed by atoms with Crippen LogP contribution in [-0.2, 0) is 5.41 Å². The lowest BCUT2D eigenvalue weighted by Gasteiger charge is -2.51. The summed E-state index contributed by atoms with van der Waals surface area (Å²) in [5.41, 5.74) is 22.4. The molecule has 2 unspecified atom stereocenters. The third-order valence-electron chi connectivity index (χ3n) is 15.8. The summed E-state index contributed by atoms with van der Waals surface area (Å²) in [5.74, 6) is 0. The molecule has 4 aliphatic rings. The number of hydrogen-bond donors (Lipinski definition) is 0. The molecule has 0 spiro atoms. The molecule has 2 atom stereocenters. The molecule has 0 radical (unpaired) electrons. The fourth-order valence-corrected chi connectivity index (χ4v) is 12.4. The predicted octanol–water partition coefficient (Wildman–Crippen LogP) is 14.5. The number of benzene rings is 9. The van der Waals surface area contributed by atoms with E-state index in [9.17, 15) is 0 Å². The van der Waals surface area contributed by atoms with Crippen LogP contribution in [0, 0.1) is 0 Å². The Morgan fingerprint density at radius 3 is 1.56 bits per heavy atom. The van der Waals surface area contributed by atoms with Crippen molar-refractivity contribution in [1.82, 2.24) is 0 Å². The van der Waals surface area contributed by atoms with Gasteiger partial charge in [0.2, 0.25) is 0 Å². The lowest BCUT2D eigenvalue weighted by atomic mass is 9.33. The number of rotatable bonds is 6. The molecule has 1 aliphatic carbocycles. The van der Waals surface area contributed by atoms with E-state index in [4.69, 9.17) is 0 Å². The van der Waals surface area contributed by atoms with Gasteiger partial charge in [0.15, 0.2) is 0 Å². The summed E-state index contributed by atoms with van der Waals surface area (Å²) in [6.07, 6.45) is 4.71. The third kappa shape index (κ3) is 5.77. The van der Waals surface area contributed by atoms with Crippen molar-refractivity contribution in [3.63, 3.8) is 0 Å². The summed E-state index contributed by atoms with van der Waals surface area (Å²) in [6.45, 7) is 5.14. The van der Waals surface area contributed by atoms with Crippen LogP contribution in [0.5, 0.6) is 0 Å². The van der Waals surface area contributed by atoms with Crippen LogP contribution in [0.3, 0.4) is 0 Å². The van der Waals surface area contributed by atoms with Gasteiger partial charge in [-0.25, -0.2) is 0 Å². The van der Waals surface area contributed by atoms with Gasteiger partial charge in [-0.2, -0.15) is 0 Å². The molecule has 0 bridgehead atoms. The van der Waals surface area contributed by atoms with E-state index in [1.807, 2.05) is 0 Å². The second-order valence-corrected chi connectivity index (χ2v) is 19.2. The second-order valence-electron chi connectivity index (χ2n) is 19.2. The van der Waals surface area contributed by atoms with Gasteiger partial charge in [0, 0.05) is 50.9 Å². The topological polar surface area (TPSA) is 9.72 Å². The van der Waals surface area contributed by atoms with Gasteiger partial charge in [0.25, 0.3) is 6.71 Å². The maximum Gasteiger partial charge on any atom is 0.252 e. The average molecular weight is 848 g/mol. The standard InChI is InChI=1S/C62H50BN3/c1-61-36-17-18-37-62(61,2)66(55-35-33-47(39-52(55)61)44-22-9-4-10-23-44)51-41-58-60-59(42-51)65(50-29-19-26-46(38-50)43-20-7-3-8-21-43)57-40-48(45-24-11-5-12-25-45)32-34-54(57)63(60)53-30-15-16-31-56(53)64(58)49-27-13-6-14-28-49/h3-16,19-35,38-42H,17-18,36-37H2,1-2H3. The minimum atomic E-state index is -0.154. The molecule has 0 amide bonds. The first-order valence-corrected chi connectivity index (χ1v) is 23.8. The lowest BCUT2D eigenvalue weighted by Crippen LogP contribution is -2.61. The third-order valence-corrected chi connectivity index (χ3v) is 15.8. The van der Waals surface area contributed by atoms with Crippen LogP contribution >= 0.6 is 0 Å². The van der Waals surface area contributed by atoms with Crippen LogP contribution < -0.4 is 31.1 Å². The van der Waals surface area contributed by atoms with Crippen LogP contribution in [0.1, 0.15) is 45.1 Å². The van der Waals surface area contributed by atoms with E-state index in [1.54, 1.807) is 0 Å². The van der Waals surface area contributed by atoms with E-state index in [-0.39, 0.29) is 17.7 Å². The molecular weight excluding hydrogens is 798 g/mol. The van der Waals surface area contributed by atoms with Crippen molar-refractivity contribution in [3.8, 4) is 33.4 Å². The number of para-hydroxylation sites is 2. The second kappa shape index (κ2) is 15.0. The number of anilines is 8. The van der Waals surface area contributed by atoms with Crippen molar-refractivity contribution in [2.75, 3.05) is 14.7 Å². The quantitative estimate of drug-likeness (QED) is 0.154. The molecule has 3 nitrogen and oxygen atoms in total. The van der Waals surface area contributed by atoms with Gasteiger partial charge in [-0.1, -0.05) is 177 Å². The Morgan fingerprint density at radius 2 is 0.879 bits per heavy atom. The molecule has 0 N–H and O–H groups in total. The first-order chi connectivity index (χ1) is 32.5. The predicted molar refractivity (Wildman–Crippen MR) is 280 cm³/mol. The molecule has 3 aliphatic heterocycles. The molecule has 66 heavy (non-hydrogen) atoms. The molecule has 9 aromatic rings. The summed E-state index contributed by atoms with van der Waals surface area (Å²) < 4.78 is 0. The first-order valence-electron chi connectivity index (χ1n) is 23.8. The van der Waals surface area contributed by atoms with Gasteiger partial charge in [-0.3, -0.25) is 0 Å². The zero-order valence-electron chi connectivity index (χ0n) is 37.5. The van der Waals surface area contributed by atoms with Gasteiger partial charge in [-0.15, -0.1) is 0 Å². The van der Waals surface area contributed by atoms with Crippen molar-refractivity contribution < 1.29 is 0 Å². The summed E-state index contributed by atoms with van der Waals surface area (Å²) in [4.78, 5) is 7.93. The van der Waals surface area contributed by atoms with Gasteiger partial charge in [0.05, 0.1) is 5.54 Å². The molecule has 0 saturated heterocycles. The minimum absolute atomic E-state index is 0.0171. The molecule has 316 valence electrons. The van der Waals surface area contributed by atoms with Crippen LogP contribution in [0.15, 0.2) is 218 Å². The van der Waals surface area contributed by atoms with Crippen molar-refractivity contribution in [1.29, 1.82) is 0 Å². The summed E-state index contributed by atoms with van der Waals surface area (Å²) in [5, 5.41) is 0. The Morgan fingerprint density at radius 1 is 0.364 bits per heavy atom. The largest absolute Gasteiger partial charge is 0.334 e. The Hall–Kier alpha value is -7.56. The average Bonchev–Trinajstić information content (AvgIpc) is 3.59. The highest BCUT2D eigenvalue weighted by molar-refractivity contribution is 7.00. The van der Waals surface area contributed by atoms with Crippen molar-refractivity contribution in [3.05, 3.63) is 224 Å². The number of fused-ring (bicyclic) bond motifs is 7. The Bertz CT molecular complexity index is 3320. The van der Waals surface area contributed by atoms with E-state index in [0.717, 1.165) is 24.2 Å². The van der Waals surface area contributed by atoms with Crippen LogP contribution in [0.25, 0.3) is 33.4 Å². The molecule has 9 aromatic carbocycles. The molecule has 13 rings (SSSR count). The number of hydrogen-bond acceptors (Lipinski definition) is 3. The Kier molecular flexibility index (Phi) is 8.84. The smallest absolute Gasteiger partial charge is 0.252 e. The molecular formula is C62H50BN3. The van der Waals surface area contributed by atoms with Crippen molar-refractivity contribution in [2.24, 2.45) is 0 Å². The van der Waals surface area contributed by atoms with Crippen LogP contribution in [0.4, 0.5) is 45.5 Å². The first kappa shape index (κ1) is 38.9. The molecule has 3 heterocycles. The maximum absolute atomic E-state index is 2.78. The highest BCUT2D eigenvalue weighted by Gasteiger charge is 2.58. The molecule has 1 fully saturated rings. The highest BCUT2D eigenvalue weighted by atomic mass is 15.3. The van der Waals surface area contributed by atoms with E-state index < -0.39 is 0 Å². The van der Waals surface area contributed by atoms with Gasteiger partial charge >= 0.3 is 0 Å². The zero-order chi connectivity index (χ0) is 44.0. The number of nitrogens with zero attached hydrogens (tertiary/aromatic N) is 3. The van der Waals surface area contributed by atoms with Gasteiger partial charge < -0.3 is 14.7 Å². The van der Waals surface area contributed by atoms with E-state index in [0.29, 0.717) is 0 Å². The van der Waals surface area contributed by atoms with Gasteiger partial charge in [-0.05, 0) is 136 Å². The Labute approximate surface area is 389 Å². The van der Waals surface area contributed by atoms with Crippen molar-refractivity contribution >= 4 is 68.6 Å². The monoisotopic (exact) mass is 847 g/mol. The normalized spacial score (nSPS) is 18.8. The molecule has 0 aromatic heterocycles. The van der Waals surface area contributed by atoms with Crippen LogP contribution in [-0.4, -0.2) is 12.3 Å². The summed E-state index contributed by atoms with van der Waals surface area (Å²) >= 11 is 0. The fourth-order valence-electron chi connectivity index (χ4n) is 12.4. The Balaban J connectivity index is 1.12. The fraction of sp³-hybridized carbons (Fsp3) is 0.129. The maximum atomic E-state index is 2.78. The summed E-state index contributed by atoms with van der Waals surface area (Å²) in [6, 6.07) is 81.7. The van der Waals surface area contributed by atoms with E-state index in [2.05, 4.69) is 247 Å². The van der Waals surface area contributed by atoms with E-state index in [1.165, 1.54) is 102 Å². The van der Waals surface area contributed by atoms with Crippen molar-refractivity contribution in [2.45, 2.75) is 50.5 Å². The SMILES string of the molecule is CC12CCCCC1(C)N(c1cc3c4c(c1)N(c1cccc(-c5ccccc5)c1)c1cc(-c5ccccc5)ccc1B4c1ccccc1N3c1ccccc1)c1ccc(-c3ccccc3)cc12. The van der Waals surface area contributed by atoms with Gasteiger partial charge in [0.1, 0.15) is 0 Å². The van der Waals surface area contributed by atoms with Crippen LogP contribution in [0.2, 0.25) is 0 Å². The van der Waals surface area contributed by atoms with E-state index >= 15 is 0 Å². The molecule has 1 saturated carbocycles. The summed E-state index contributed by atoms with van der Waals surface area (Å²) in [7, 11) is 0. The zero-order valence-corrected chi connectivity index (χ0v) is 37.5. The minimum Gasteiger partial charge on any atom is -0.334 e. The molecule has 4 heteroatoms. The highest BCUT2D eigenvalue weighted by Crippen LogP contribution is 2.62.